The van der Waals surface area contributed by atoms with Crippen LogP contribution in [0.25, 0.3) is 11.1 Å². The van der Waals surface area contributed by atoms with Gasteiger partial charge in [-0.05, 0) is 61.1 Å². The predicted molar refractivity (Wildman–Crippen MR) is 91.0 cm³/mol. The second-order valence-corrected chi connectivity index (χ2v) is 6.37. The van der Waals surface area contributed by atoms with E-state index < -0.39 is 0 Å². The van der Waals surface area contributed by atoms with Crippen LogP contribution in [0.15, 0.2) is 42.5 Å². The van der Waals surface area contributed by atoms with Gasteiger partial charge in [0.2, 0.25) is 0 Å². The number of hydrogen-bond acceptors (Lipinski definition) is 1. The Morgan fingerprint density at radius 2 is 1.90 bits per heavy atom. The monoisotopic (exact) mass is 299 g/mol. The molecule has 21 heavy (non-hydrogen) atoms. The lowest BCUT2D eigenvalue weighted by molar-refractivity contribution is 0.420. The second-order valence-electron chi connectivity index (χ2n) is 5.96. The molecule has 3 rings (SSSR count). The topological polar surface area (TPSA) is 12.0 Å². The van der Waals surface area contributed by atoms with Gasteiger partial charge in [-0.25, -0.2) is 0 Å². The lowest BCUT2D eigenvalue weighted by Gasteiger charge is -2.28. The molecule has 0 bridgehead atoms. The molecule has 1 N–H and O–H groups in total. The van der Waals surface area contributed by atoms with E-state index in [2.05, 4.69) is 54.7 Å². The Morgan fingerprint density at radius 1 is 1.14 bits per heavy atom. The smallest absolute Gasteiger partial charge is 0.0459 e. The maximum atomic E-state index is 6.49. The van der Waals surface area contributed by atoms with Crippen LogP contribution in [0.5, 0.6) is 0 Å². The quantitative estimate of drug-likeness (QED) is 0.780. The minimum Gasteiger partial charge on any atom is -0.313 e. The Balaban J connectivity index is 1.99. The lowest BCUT2D eigenvalue weighted by atomic mass is 9.77. The molecule has 1 nitrogen and oxygen atoms in total. The molecule has 1 saturated carbocycles. The first kappa shape index (κ1) is 14.6. The molecule has 1 atom stereocenters. The molecule has 1 unspecified atom stereocenters. The van der Waals surface area contributed by atoms with E-state index in [0.29, 0.717) is 0 Å². The van der Waals surface area contributed by atoms with Crippen molar-refractivity contribution in [3.8, 4) is 11.1 Å². The molecule has 1 aliphatic rings. The third kappa shape index (κ3) is 2.86. The number of nitrogens with one attached hydrogen (secondary N) is 1. The van der Waals surface area contributed by atoms with E-state index in [4.69, 9.17) is 11.6 Å². The molecule has 0 radical (unpaired) electrons. The summed E-state index contributed by atoms with van der Waals surface area (Å²) in [5.41, 5.74) is 5.21. The molecule has 2 aromatic carbocycles. The van der Waals surface area contributed by atoms with Crippen LogP contribution in [0.1, 0.15) is 49.3 Å². The van der Waals surface area contributed by atoms with E-state index in [9.17, 15) is 0 Å². The normalized spacial score (nSPS) is 16.5. The Morgan fingerprint density at radius 3 is 2.52 bits per heavy atom. The van der Waals surface area contributed by atoms with Crippen LogP contribution < -0.4 is 5.32 Å². The van der Waals surface area contributed by atoms with Crippen LogP contribution in [-0.2, 0) is 0 Å². The molecule has 0 amide bonds. The van der Waals surface area contributed by atoms with E-state index in [1.54, 1.807) is 0 Å². The van der Waals surface area contributed by atoms with Crippen molar-refractivity contribution >= 4 is 11.6 Å². The molecule has 2 heteroatoms. The third-order valence-corrected chi connectivity index (χ3v) is 5.04. The summed E-state index contributed by atoms with van der Waals surface area (Å²) in [6.45, 7) is 2.13. The number of halogens is 1. The molecule has 1 aliphatic carbocycles. The van der Waals surface area contributed by atoms with Gasteiger partial charge in [0.15, 0.2) is 0 Å². The minimum absolute atomic E-state index is 0.272. The van der Waals surface area contributed by atoms with Crippen LogP contribution in [0.2, 0.25) is 5.02 Å². The van der Waals surface area contributed by atoms with Crippen LogP contribution in [0.3, 0.4) is 0 Å². The van der Waals surface area contributed by atoms with Gasteiger partial charge in [0.1, 0.15) is 0 Å². The lowest BCUT2D eigenvalue weighted by Crippen LogP contribution is -2.12. The summed E-state index contributed by atoms with van der Waals surface area (Å²) in [6, 6.07) is 15.5. The Bertz CT molecular complexity index is 631. The molecule has 0 saturated heterocycles. The van der Waals surface area contributed by atoms with Gasteiger partial charge in [-0.15, -0.1) is 0 Å². The van der Waals surface area contributed by atoms with E-state index in [-0.39, 0.29) is 6.04 Å². The molecule has 1 fully saturated rings. The molecule has 0 aliphatic heterocycles. The SMILES string of the molecule is CNC(C)c1ccc(-c2ccccc2C2CCC2)cc1Cl. The zero-order valence-corrected chi connectivity index (χ0v) is 13.5. The Labute approximate surface area is 132 Å². The first-order valence-corrected chi connectivity index (χ1v) is 8.14. The summed E-state index contributed by atoms with van der Waals surface area (Å²) < 4.78 is 0. The first-order valence-electron chi connectivity index (χ1n) is 7.76. The van der Waals surface area contributed by atoms with Crippen LogP contribution >= 0.6 is 11.6 Å². The van der Waals surface area contributed by atoms with Gasteiger partial charge in [-0.1, -0.05) is 54.4 Å². The fourth-order valence-electron chi connectivity index (χ4n) is 3.04. The van der Waals surface area contributed by atoms with E-state index in [0.717, 1.165) is 16.5 Å². The molecular formula is C19H22ClN. The summed E-state index contributed by atoms with van der Waals surface area (Å²) in [6.07, 6.45) is 4.00. The summed E-state index contributed by atoms with van der Waals surface area (Å²) >= 11 is 6.49. The second kappa shape index (κ2) is 6.21. The standard InChI is InChI=1S/C19H22ClN/c1-13(21-2)16-11-10-15(12-19(16)20)18-9-4-3-8-17(18)14-6-5-7-14/h3-4,8-14,21H,5-7H2,1-2H3. The summed E-state index contributed by atoms with van der Waals surface area (Å²) in [5.74, 6) is 0.732. The fraction of sp³-hybridized carbons (Fsp3) is 0.368. The Kier molecular flexibility index (Phi) is 4.32. The average molecular weight is 300 g/mol. The zero-order valence-electron chi connectivity index (χ0n) is 12.7. The van der Waals surface area contributed by atoms with E-state index in [1.165, 1.54) is 36.0 Å². The first-order chi connectivity index (χ1) is 10.2. The maximum Gasteiger partial charge on any atom is 0.0459 e. The van der Waals surface area contributed by atoms with Crippen molar-refractivity contribution in [1.82, 2.24) is 5.32 Å². The highest BCUT2D eigenvalue weighted by Crippen LogP contribution is 2.41. The van der Waals surface area contributed by atoms with Crippen LogP contribution in [0, 0.1) is 0 Å². The van der Waals surface area contributed by atoms with Gasteiger partial charge in [0.25, 0.3) is 0 Å². The molecular weight excluding hydrogens is 278 g/mol. The fourth-order valence-corrected chi connectivity index (χ4v) is 3.38. The predicted octanol–water partition coefficient (Wildman–Crippen LogP) is 5.55. The number of benzene rings is 2. The van der Waals surface area contributed by atoms with Crippen LogP contribution in [0.4, 0.5) is 0 Å². The maximum absolute atomic E-state index is 6.49. The highest BCUT2D eigenvalue weighted by atomic mass is 35.5. The highest BCUT2D eigenvalue weighted by Gasteiger charge is 2.22. The third-order valence-electron chi connectivity index (χ3n) is 4.72. The van der Waals surface area contributed by atoms with Gasteiger partial charge >= 0.3 is 0 Å². The molecule has 0 heterocycles. The molecule has 2 aromatic rings. The van der Waals surface area contributed by atoms with Gasteiger partial charge in [0, 0.05) is 11.1 Å². The summed E-state index contributed by atoms with van der Waals surface area (Å²) in [7, 11) is 1.96. The van der Waals surface area contributed by atoms with Crippen molar-refractivity contribution in [3.63, 3.8) is 0 Å². The average Bonchev–Trinajstić information content (AvgIpc) is 2.45. The van der Waals surface area contributed by atoms with E-state index in [1.807, 2.05) is 7.05 Å². The number of rotatable bonds is 4. The van der Waals surface area contributed by atoms with Gasteiger partial charge in [-0.2, -0.15) is 0 Å². The molecule has 0 spiro atoms. The van der Waals surface area contributed by atoms with Crippen molar-refractivity contribution in [2.75, 3.05) is 7.05 Å². The van der Waals surface area contributed by atoms with Crippen molar-refractivity contribution in [2.45, 2.75) is 38.1 Å². The Hall–Kier alpha value is -1.31. The zero-order chi connectivity index (χ0) is 14.8. The van der Waals surface area contributed by atoms with Crippen LogP contribution in [-0.4, -0.2) is 7.05 Å². The van der Waals surface area contributed by atoms with Gasteiger partial charge in [-0.3, -0.25) is 0 Å². The summed E-state index contributed by atoms with van der Waals surface area (Å²) in [4.78, 5) is 0. The van der Waals surface area contributed by atoms with Gasteiger partial charge in [0.05, 0.1) is 0 Å². The van der Waals surface area contributed by atoms with Crippen molar-refractivity contribution in [2.24, 2.45) is 0 Å². The molecule has 110 valence electrons. The van der Waals surface area contributed by atoms with Crippen molar-refractivity contribution in [3.05, 3.63) is 58.6 Å². The van der Waals surface area contributed by atoms with Crippen molar-refractivity contribution < 1.29 is 0 Å². The molecule has 0 aromatic heterocycles. The van der Waals surface area contributed by atoms with Gasteiger partial charge < -0.3 is 5.32 Å². The number of hydrogen-bond donors (Lipinski definition) is 1. The summed E-state index contributed by atoms with van der Waals surface area (Å²) in [5, 5.41) is 4.09. The largest absolute Gasteiger partial charge is 0.313 e. The van der Waals surface area contributed by atoms with Crippen molar-refractivity contribution in [1.29, 1.82) is 0 Å². The van der Waals surface area contributed by atoms with E-state index >= 15 is 0 Å². The highest BCUT2D eigenvalue weighted by molar-refractivity contribution is 6.31. The minimum atomic E-state index is 0.272.